The molecule has 192 valence electrons. The Kier molecular flexibility index (Phi) is 9.98. The Morgan fingerprint density at radius 2 is 1.11 bits per heavy atom. The minimum atomic E-state index is -1.69. The first kappa shape index (κ1) is 26.4. The van der Waals surface area contributed by atoms with Crippen LogP contribution in [0.15, 0.2) is 91.0 Å². The van der Waals surface area contributed by atoms with Gasteiger partial charge in [0.15, 0.2) is 12.5 Å². The van der Waals surface area contributed by atoms with E-state index in [9.17, 15) is 5.11 Å². The zero-order chi connectivity index (χ0) is 25.2. The van der Waals surface area contributed by atoms with Crippen LogP contribution in [0.1, 0.15) is 16.7 Å². The first-order chi connectivity index (χ1) is 17.7. The standard InChI is InChI=1S/C29H33FO6/c1-32-29-28(35-20-23-15-9-4-10-16-23)27(34-19-22-13-7-3-8-14-22)26(25(36-29)24(30)17-31)33-18-21-11-5-2-6-12-21/h2-16,24-29,31H,17-20H2,1H3/t24?,25-,26-,27+,28+,29+/m1/s1. The van der Waals surface area contributed by atoms with E-state index in [1.54, 1.807) is 0 Å². The van der Waals surface area contributed by atoms with Crippen molar-refractivity contribution in [2.75, 3.05) is 13.7 Å². The van der Waals surface area contributed by atoms with E-state index in [0.29, 0.717) is 0 Å². The number of rotatable bonds is 12. The summed E-state index contributed by atoms with van der Waals surface area (Å²) in [7, 11) is 1.48. The van der Waals surface area contributed by atoms with Crippen molar-refractivity contribution in [1.82, 2.24) is 0 Å². The molecular formula is C29H33FO6. The number of halogens is 1. The molecule has 1 unspecified atom stereocenters. The number of hydrogen-bond donors (Lipinski definition) is 1. The van der Waals surface area contributed by atoms with Crippen LogP contribution in [0.2, 0.25) is 0 Å². The highest BCUT2D eigenvalue weighted by Crippen LogP contribution is 2.33. The maximum absolute atomic E-state index is 15.0. The third kappa shape index (κ3) is 6.97. The van der Waals surface area contributed by atoms with Crippen molar-refractivity contribution in [3.63, 3.8) is 0 Å². The summed E-state index contributed by atoms with van der Waals surface area (Å²) < 4.78 is 45.5. The third-order valence-corrected chi connectivity index (χ3v) is 6.15. The quantitative estimate of drug-likeness (QED) is 0.400. The van der Waals surface area contributed by atoms with Gasteiger partial charge in [-0.15, -0.1) is 0 Å². The molecule has 6 nitrogen and oxygen atoms in total. The zero-order valence-electron chi connectivity index (χ0n) is 20.3. The van der Waals surface area contributed by atoms with Crippen LogP contribution in [-0.2, 0) is 43.5 Å². The summed E-state index contributed by atoms with van der Waals surface area (Å²) in [6, 6.07) is 29.0. The number of methoxy groups -OCH3 is 1. The van der Waals surface area contributed by atoms with Crippen molar-refractivity contribution in [3.8, 4) is 0 Å². The summed E-state index contributed by atoms with van der Waals surface area (Å²) in [5.74, 6) is 0. The van der Waals surface area contributed by atoms with Crippen molar-refractivity contribution >= 4 is 0 Å². The van der Waals surface area contributed by atoms with E-state index in [1.807, 2.05) is 91.0 Å². The predicted octanol–water partition coefficient (Wildman–Crippen LogP) is 4.44. The Labute approximate surface area is 211 Å². The van der Waals surface area contributed by atoms with Gasteiger partial charge < -0.3 is 28.8 Å². The molecule has 0 aromatic heterocycles. The van der Waals surface area contributed by atoms with Crippen LogP contribution in [0.5, 0.6) is 0 Å². The number of aliphatic hydroxyl groups excluding tert-OH is 1. The van der Waals surface area contributed by atoms with Crippen LogP contribution >= 0.6 is 0 Å². The predicted molar refractivity (Wildman–Crippen MR) is 133 cm³/mol. The highest BCUT2D eigenvalue weighted by atomic mass is 19.1. The van der Waals surface area contributed by atoms with Crippen LogP contribution in [0.3, 0.4) is 0 Å². The number of benzene rings is 3. The number of ether oxygens (including phenoxy) is 5. The van der Waals surface area contributed by atoms with Crippen molar-refractivity contribution < 1.29 is 33.2 Å². The molecule has 1 heterocycles. The van der Waals surface area contributed by atoms with Gasteiger partial charge >= 0.3 is 0 Å². The molecule has 1 aliphatic heterocycles. The summed E-state index contributed by atoms with van der Waals surface area (Å²) in [4.78, 5) is 0. The van der Waals surface area contributed by atoms with Gasteiger partial charge in [-0.25, -0.2) is 4.39 Å². The maximum atomic E-state index is 15.0. The monoisotopic (exact) mass is 496 g/mol. The molecule has 4 rings (SSSR count). The zero-order valence-corrected chi connectivity index (χ0v) is 20.3. The van der Waals surface area contributed by atoms with E-state index >= 15 is 4.39 Å². The Balaban J connectivity index is 1.61. The normalized spacial score (nSPS) is 24.9. The van der Waals surface area contributed by atoms with Crippen molar-refractivity contribution in [2.24, 2.45) is 0 Å². The van der Waals surface area contributed by atoms with Gasteiger partial charge in [0, 0.05) is 7.11 Å². The minimum absolute atomic E-state index is 0.220. The molecule has 3 aromatic rings. The van der Waals surface area contributed by atoms with Crippen LogP contribution in [-0.4, -0.2) is 55.7 Å². The lowest BCUT2D eigenvalue weighted by Gasteiger charge is -2.46. The van der Waals surface area contributed by atoms with E-state index in [4.69, 9.17) is 23.7 Å². The molecule has 36 heavy (non-hydrogen) atoms. The summed E-state index contributed by atoms with van der Waals surface area (Å²) in [5.41, 5.74) is 2.85. The van der Waals surface area contributed by atoms with E-state index < -0.39 is 43.5 Å². The van der Waals surface area contributed by atoms with E-state index in [-0.39, 0.29) is 19.8 Å². The van der Waals surface area contributed by atoms with Crippen LogP contribution in [0.25, 0.3) is 0 Å². The van der Waals surface area contributed by atoms with Gasteiger partial charge in [0.05, 0.1) is 26.4 Å². The van der Waals surface area contributed by atoms with E-state index in [1.165, 1.54) is 7.11 Å². The Hall–Kier alpha value is -2.65. The fourth-order valence-electron chi connectivity index (χ4n) is 4.28. The molecule has 1 fully saturated rings. The summed E-state index contributed by atoms with van der Waals surface area (Å²) in [6.07, 6.45) is -6.01. The van der Waals surface area contributed by atoms with Crippen molar-refractivity contribution in [3.05, 3.63) is 108 Å². The second-order valence-electron chi connectivity index (χ2n) is 8.69. The Morgan fingerprint density at radius 1 is 0.694 bits per heavy atom. The summed E-state index contributed by atoms with van der Waals surface area (Å²) >= 11 is 0. The fraction of sp³-hybridized carbons (Fsp3) is 0.379. The summed E-state index contributed by atoms with van der Waals surface area (Å²) in [5, 5.41) is 9.64. The molecule has 6 atom stereocenters. The molecule has 7 heteroatoms. The van der Waals surface area contributed by atoms with Crippen LogP contribution in [0, 0.1) is 0 Å². The van der Waals surface area contributed by atoms with Gasteiger partial charge in [-0.3, -0.25) is 0 Å². The minimum Gasteiger partial charge on any atom is -0.393 e. The molecule has 0 spiro atoms. The number of aliphatic hydroxyl groups is 1. The third-order valence-electron chi connectivity index (χ3n) is 6.15. The second kappa shape index (κ2) is 13.6. The van der Waals surface area contributed by atoms with Crippen LogP contribution < -0.4 is 0 Å². The Morgan fingerprint density at radius 3 is 1.53 bits per heavy atom. The molecule has 0 saturated carbocycles. The first-order valence-corrected chi connectivity index (χ1v) is 12.1. The van der Waals surface area contributed by atoms with Gasteiger partial charge in [0.2, 0.25) is 0 Å². The fourth-order valence-corrected chi connectivity index (χ4v) is 4.28. The molecule has 0 radical (unpaired) electrons. The molecule has 1 N–H and O–H groups in total. The average molecular weight is 497 g/mol. The molecule has 0 amide bonds. The Bertz CT molecular complexity index is 1010. The molecule has 0 bridgehead atoms. The largest absolute Gasteiger partial charge is 0.393 e. The molecule has 1 saturated heterocycles. The molecule has 1 aliphatic rings. The average Bonchev–Trinajstić information content (AvgIpc) is 2.94. The van der Waals surface area contributed by atoms with E-state index in [0.717, 1.165) is 16.7 Å². The van der Waals surface area contributed by atoms with Crippen molar-refractivity contribution in [1.29, 1.82) is 0 Å². The van der Waals surface area contributed by atoms with Gasteiger partial charge in [-0.1, -0.05) is 91.0 Å². The summed E-state index contributed by atoms with van der Waals surface area (Å²) in [6.45, 7) is 0.0567. The maximum Gasteiger partial charge on any atom is 0.186 e. The number of hydrogen-bond acceptors (Lipinski definition) is 6. The van der Waals surface area contributed by atoms with Gasteiger partial charge in [-0.05, 0) is 16.7 Å². The van der Waals surface area contributed by atoms with Gasteiger partial charge in [0.25, 0.3) is 0 Å². The lowest BCUT2D eigenvalue weighted by Crippen LogP contribution is -2.63. The smallest absolute Gasteiger partial charge is 0.186 e. The van der Waals surface area contributed by atoms with Crippen molar-refractivity contribution in [2.45, 2.75) is 56.7 Å². The van der Waals surface area contributed by atoms with Gasteiger partial charge in [-0.2, -0.15) is 0 Å². The highest BCUT2D eigenvalue weighted by Gasteiger charge is 2.51. The molecule has 0 aliphatic carbocycles. The number of alkyl halides is 1. The topological polar surface area (TPSA) is 66.4 Å². The first-order valence-electron chi connectivity index (χ1n) is 12.1. The second-order valence-corrected chi connectivity index (χ2v) is 8.69. The highest BCUT2D eigenvalue weighted by molar-refractivity contribution is 5.15. The van der Waals surface area contributed by atoms with Crippen LogP contribution in [0.4, 0.5) is 4.39 Å². The lowest BCUT2D eigenvalue weighted by molar-refractivity contribution is -0.326. The SMILES string of the molecule is CO[C@H]1O[C@H](C(F)CO)[C@@H](OCc2ccccc2)[C@H](OCc2ccccc2)[C@@H]1OCc1ccccc1. The molecule has 3 aromatic carbocycles. The van der Waals surface area contributed by atoms with E-state index in [2.05, 4.69) is 0 Å². The lowest BCUT2D eigenvalue weighted by atomic mass is 9.95. The van der Waals surface area contributed by atoms with Gasteiger partial charge in [0.1, 0.15) is 24.4 Å². The molecular weight excluding hydrogens is 463 g/mol.